The van der Waals surface area contributed by atoms with E-state index in [1.807, 2.05) is 6.92 Å². The van der Waals surface area contributed by atoms with Gasteiger partial charge in [0, 0.05) is 17.5 Å². The highest BCUT2D eigenvalue weighted by Gasteiger charge is 2.12. The van der Waals surface area contributed by atoms with Gasteiger partial charge in [0.25, 0.3) is 5.91 Å². The van der Waals surface area contributed by atoms with Crippen molar-refractivity contribution in [3.8, 4) is 0 Å². The molecule has 0 bridgehead atoms. The van der Waals surface area contributed by atoms with Crippen molar-refractivity contribution in [3.63, 3.8) is 0 Å². The molecule has 0 heterocycles. The van der Waals surface area contributed by atoms with Gasteiger partial charge in [-0.15, -0.1) is 11.6 Å². The molecule has 0 saturated heterocycles. The maximum atomic E-state index is 13.1. The lowest BCUT2D eigenvalue weighted by atomic mass is 10.1. The van der Waals surface area contributed by atoms with Gasteiger partial charge < -0.3 is 5.32 Å². The molecule has 0 fully saturated rings. The summed E-state index contributed by atoms with van der Waals surface area (Å²) >= 11 is 5.65. The third kappa shape index (κ3) is 4.00. The summed E-state index contributed by atoms with van der Waals surface area (Å²) in [6, 6.07) is 4.43. The lowest BCUT2D eigenvalue weighted by molar-refractivity contribution is 0.0935. The molecular formula is C13H17ClFNO. The molecule has 2 nitrogen and oxygen atoms in total. The maximum Gasteiger partial charge on any atom is 0.251 e. The number of amides is 1. The van der Waals surface area contributed by atoms with Gasteiger partial charge in [-0.1, -0.05) is 6.92 Å². The van der Waals surface area contributed by atoms with Crippen LogP contribution in [0.4, 0.5) is 4.39 Å². The Labute approximate surface area is 106 Å². The van der Waals surface area contributed by atoms with Crippen LogP contribution >= 0.6 is 11.6 Å². The molecule has 1 rings (SSSR count). The smallest absolute Gasteiger partial charge is 0.251 e. The summed E-state index contributed by atoms with van der Waals surface area (Å²) in [5.41, 5.74) is 0.958. The molecule has 1 N–H and O–H groups in total. The number of hydrogen-bond donors (Lipinski definition) is 1. The van der Waals surface area contributed by atoms with Crippen LogP contribution in [0.1, 0.15) is 35.7 Å². The minimum Gasteiger partial charge on any atom is -0.349 e. The Morgan fingerprint density at radius 1 is 1.53 bits per heavy atom. The van der Waals surface area contributed by atoms with Crippen LogP contribution in [0.3, 0.4) is 0 Å². The molecule has 1 amide bonds. The normalized spacial score (nSPS) is 12.2. The quantitative estimate of drug-likeness (QED) is 0.806. The van der Waals surface area contributed by atoms with Gasteiger partial charge in [-0.2, -0.15) is 0 Å². The molecule has 0 aliphatic heterocycles. The predicted octanol–water partition coefficient (Wildman–Crippen LogP) is 3.27. The van der Waals surface area contributed by atoms with E-state index < -0.39 is 0 Å². The topological polar surface area (TPSA) is 29.1 Å². The van der Waals surface area contributed by atoms with Crippen LogP contribution in [0.5, 0.6) is 0 Å². The minimum absolute atomic E-state index is 0.0744. The Balaban J connectivity index is 2.72. The third-order valence-electron chi connectivity index (χ3n) is 2.71. The molecule has 0 saturated carbocycles. The van der Waals surface area contributed by atoms with Crippen molar-refractivity contribution >= 4 is 17.5 Å². The predicted molar refractivity (Wildman–Crippen MR) is 68.0 cm³/mol. The fourth-order valence-electron chi connectivity index (χ4n) is 1.56. The van der Waals surface area contributed by atoms with Crippen molar-refractivity contribution in [2.24, 2.45) is 0 Å². The van der Waals surface area contributed by atoms with Crippen LogP contribution in [-0.4, -0.2) is 17.8 Å². The molecule has 94 valence electrons. The van der Waals surface area contributed by atoms with Crippen molar-refractivity contribution < 1.29 is 9.18 Å². The molecule has 0 aliphatic rings. The van der Waals surface area contributed by atoms with E-state index in [4.69, 9.17) is 11.6 Å². The highest BCUT2D eigenvalue weighted by Crippen LogP contribution is 2.10. The third-order valence-corrected chi connectivity index (χ3v) is 2.92. The second-order valence-electron chi connectivity index (χ2n) is 4.02. The number of benzene rings is 1. The zero-order chi connectivity index (χ0) is 12.8. The SMILES string of the molecule is CCC(CCCl)NC(=O)c1ccc(F)c(C)c1. The summed E-state index contributed by atoms with van der Waals surface area (Å²) < 4.78 is 13.1. The fourth-order valence-corrected chi connectivity index (χ4v) is 1.83. The van der Waals surface area contributed by atoms with E-state index in [1.165, 1.54) is 12.1 Å². The van der Waals surface area contributed by atoms with Gasteiger partial charge in [-0.3, -0.25) is 4.79 Å². The minimum atomic E-state index is -0.297. The Morgan fingerprint density at radius 2 is 2.24 bits per heavy atom. The Hall–Kier alpha value is -1.09. The second-order valence-corrected chi connectivity index (χ2v) is 4.40. The Morgan fingerprint density at radius 3 is 2.76 bits per heavy atom. The van der Waals surface area contributed by atoms with Crippen molar-refractivity contribution in [3.05, 3.63) is 35.1 Å². The summed E-state index contributed by atoms with van der Waals surface area (Å²) in [5, 5.41) is 2.88. The number of alkyl halides is 1. The molecule has 1 atom stereocenters. The number of rotatable bonds is 5. The highest BCUT2D eigenvalue weighted by molar-refractivity contribution is 6.17. The van der Waals surface area contributed by atoms with Gasteiger partial charge in [0.05, 0.1) is 0 Å². The Bertz CT molecular complexity index is 395. The number of carbonyl (C=O) groups excluding carboxylic acids is 1. The van der Waals surface area contributed by atoms with Gasteiger partial charge in [-0.05, 0) is 43.5 Å². The highest BCUT2D eigenvalue weighted by atomic mass is 35.5. The first-order chi connectivity index (χ1) is 8.08. The van der Waals surface area contributed by atoms with Crippen LogP contribution < -0.4 is 5.32 Å². The molecule has 17 heavy (non-hydrogen) atoms. The van der Waals surface area contributed by atoms with Gasteiger partial charge in [-0.25, -0.2) is 4.39 Å². The molecule has 0 spiro atoms. The number of hydrogen-bond acceptors (Lipinski definition) is 1. The maximum absolute atomic E-state index is 13.1. The van der Waals surface area contributed by atoms with E-state index in [1.54, 1.807) is 13.0 Å². The molecule has 0 aromatic heterocycles. The van der Waals surface area contributed by atoms with Crippen molar-refractivity contribution in [1.82, 2.24) is 5.32 Å². The van der Waals surface area contributed by atoms with E-state index in [2.05, 4.69) is 5.32 Å². The molecular weight excluding hydrogens is 241 g/mol. The summed E-state index contributed by atoms with van der Waals surface area (Å²) in [4.78, 5) is 11.9. The first-order valence-electron chi connectivity index (χ1n) is 5.71. The summed E-state index contributed by atoms with van der Waals surface area (Å²) in [6.07, 6.45) is 1.57. The van der Waals surface area contributed by atoms with Gasteiger partial charge in [0.2, 0.25) is 0 Å². The standard InChI is InChI=1S/C13H17ClFNO/c1-3-11(6-7-14)16-13(17)10-4-5-12(15)9(2)8-10/h4-5,8,11H,3,6-7H2,1-2H3,(H,16,17). The first kappa shape index (κ1) is 14.0. The number of aryl methyl sites for hydroxylation is 1. The van der Waals surface area contributed by atoms with Crippen molar-refractivity contribution in [2.75, 3.05) is 5.88 Å². The largest absolute Gasteiger partial charge is 0.349 e. The van der Waals surface area contributed by atoms with E-state index >= 15 is 0 Å². The summed E-state index contributed by atoms with van der Waals surface area (Å²) in [5.74, 6) is 0.0423. The van der Waals surface area contributed by atoms with Crippen LogP contribution in [0, 0.1) is 12.7 Å². The average molecular weight is 258 g/mol. The lowest BCUT2D eigenvalue weighted by Gasteiger charge is -2.15. The van der Waals surface area contributed by atoms with E-state index in [9.17, 15) is 9.18 Å². The van der Waals surface area contributed by atoms with E-state index in [-0.39, 0.29) is 17.8 Å². The first-order valence-corrected chi connectivity index (χ1v) is 6.25. The monoisotopic (exact) mass is 257 g/mol. The fraction of sp³-hybridized carbons (Fsp3) is 0.462. The summed E-state index contributed by atoms with van der Waals surface area (Å²) in [7, 11) is 0. The summed E-state index contributed by atoms with van der Waals surface area (Å²) in [6.45, 7) is 3.63. The van der Waals surface area contributed by atoms with E-state index in [0.29, 0.717) is 17.0 Å². The molecule has 0 aliphatic carbocycles. The molecule has 1 aromatic carbocycles. The van der Waals surface area contributed by atoms with Crippen molar-refractivity contribution in [2.45, 2.75) is 32.7 Å². The van der Waals surface area contributed by atoms with Crippen LogP contribution in [0.2, 0.25) is 0 Å². The molecule has 1 unspecified atom stereocenters. The zero-order valence-electron chi connectivity index (χ0n) is 10.1. The molecule has 1 aromatic rings. The van der Waals surface area contributed by atoms with Crippen molar-refractivity contribution in [1.29, 1.82) is 0 Å². The molecule has 4 heteroatoms. The van der Waals surface area contributed by atoms with Gasteiger partial charge in [0.15, 0.2) is 0 Å². The van der Waals surface area contributed by atoms with Crippen LogP contribution in [0.25, 0.3) is 0 Å². The number of nitrogens with one attached hydrogen (secondary N) is 1. The van der Waals surface area contributed by atoms with Crippen LogP contribution in [0.15, 0.2) is 18.2 Å². The Kier molecular flexibility index (Phi) is 5.42. The average Bonchev–Trinajstić information content (AvgIpc) is 2.31. The van der Waals surface area contributed by atoms with Gasteiger partial charge in [0.1, 0.15) is 5.82 Å². The molecule has 0 radical (unpaired) electrons. The number of carbonyl (C=O) groups is 1. The van der Waals surface area contributed by atoms with E-state index in [0.717, 1.165) is 12.8 Å². The second kappa shape index (κ2) is 6.60. The number of halogens is 2. The van der Waals surface area contributed by atoms with Gasteiger partial charge >= 0.3 is 0 Å². The van der Waals surface area contributed by atoms with Crippen LogP contribution in [-0.2, 0) is 0 Å². The zero-order valence-corrected chi connectivity index (χ0v) is 10.9. The lowest BCUT2D eigenvalue weighted by Crippen LogP contribution is -2.34.